The highest BCUT2D eigenvalue weighted by Crippen LogP contribution is 2.43. The van der Waals surface area contributed by atoms with Gasteiger partial charge in [-0.2, -0.15) is 0 Å². The third-order valence-corrected chi connectivity index (χ3v) is 8.19. The monoisotopic (exact) mass is 546 g/mol. The van der Waals surface area contributed by atoms with Crippen molar-refractivity contribution in [2.45, 2.75) is 0 Å². The van der Waals surface area contributed by atoms with Gasteiger partial charge in [0.15, 0.2) is 0 Å². The summed E-state index contributed by atoms with van der Waals surface area (Å²) in [4.78, 5) is 4.56. The van der Waals surface area contributed by atoms with Crippen molar-refractivity contribution in [3.8, 4) is 0 Å². The van der Waals surface area contributed by atoms with Crippen LogP contribution in [0.25, 0.3) is 43.5 Å². The first-order valence-corrected chi connectivity index (χ1v) is 13.8. The summed E-state index contributed by atoms with van der Waals surface area (Å²) in [7, 11) is -1.85. The second-order valence-electron chi connectivity index (χ2n) is 9.28. The predicted octanol–water partition coefficient (Wildman–Crippen LogP) is 10.5. The van der Waals surface area contributed by atoms with Crippen molar-refractivity contribution in [1.82, 2.24) is 0 Å². The van der Waals surface area contributed by atoms with Crippen molar-refractivity contribution in [2.75, 3.05) is 4.67 Å². The average molecular weight is 547 g/mol. The Morgan fingerprint density at radius 3 is 1.62 bits per heavy atom. The number of hydrogen-bond acceptors (Lipinski definition) is 3. The number of rotatable bonds is 4. The molecule has 0 saturated carbocycles. The molecule has 7 rings (SSSR count). The van der Waals surface area contributed by atoms with E-state index in [-0.39, 0.29) is 11.6 Å². The smallest absolute Gasteiger partial charge is 0.347 e. The summed E-state index contributed by atoms with van der Waals surface area (Å²) in [5, 5.41) is 6.16. The third kappa shape index (κ3) is 4.39. The molecule has 7 aromatic rings. The van der Waals surface area contributed by atoms with Crippen molar-refractivity contribution in [3.63, 3.8) is 0 Å². The topological polar surface area (TPSA) is 41.9 Å². The average Bonchev–Trinajstić information content (AvgIpc) is 3.16. The van der Waals surface area contributed by atoms with Crippen LogP contribution in [-0.2, 0) is 0 Å². The molecule has 1 heterocycles. The lowest BCUT2D eigenvalue weighted by Crippen LogP contribution is -2.09. The third-order valence-electron chi connectivity index (χ3n) is 6.79. The zero-order valence-electron chi connectivity index (χ0n) is 21.0. The van der Waals surface area contributed by atoms with Crippen LogP contribution < -0.4 is 4.67 Å². The summed E-state index contributed by atoms with van der Waals surface area (Å²) < 4.78 is 42.5. The Kier molecular flexibility index (Phi) is 6.03. The number of fused-ring (bicyclic) bond motifs is 7. The molecule has 40 heavy (non-hydrogen) atoms. The SMILES string of the molecule is Fc1ccc(N=CN(c2ccc(F)cc2)p2oc3ccc4ccccc4c3c3c(ccc4ccccc43)o2)cc1. The van der Waals surface area contributed by atoms with E-state index in [1.54, 1.807) is 35.3 Å². The summed E-state index contributed by atoms with van der Waals surface area (Å²) in [5.74, 6) is -0.704. The lowest BCUT2D eigenvalue weighted by molar-refractivity contribution is 0.627. The molecule has 194 valence electrons. The van der Waals surface area contributed by atoms with E-state index >= 15 is 0 Å². The maximum absolute atomic E-state index is 13.9. The Labute approximate surface area is 229 Å². The van der Waals surface area contributed by atoms with Gasteiger partial charge in [-0.3, -0.25) is 0 Å². The lowest BCUT2D eigenvalue weighted by atomic mass is 9.99. The largest absolute Gasteiger partial charge is 0.403 e. The van der Waals surface area contributed by atoms with Crippen molar-refractivity contribution >= 4 is 69.4 Å². The maximum atomic E-state index is 13.9. The van der Waals surface area contributed by atoms with Gasteiger partial charge in [-0.15, -0.1) is 0 Å². The fraction of sp³-hybridized carbons (Fsp3) is 0. The molecule has 0 spiro atoms. The van der Waals surface area contributed by atoms with Gasteiger partial charge >= 0.3 is 8.16 Å². The van der Waals surface area contributed by atoms with Gasteiger partial charge in [0.2, 0.25) is 0 Å². The van der Waals surface area contributed by atoms with Crippen LogP contribution in [0.2, 0.25) is 0 Å². The van der Waals surface area contributed by atoms with E-state index in [9.17, 15) is 8.78 Å². The van der Waals surface area contributed by atoms with Gasteiger partial charge in [0.1, 0.15) is 29.1 Å². The highest BCUT2D eigenvalue weighted by molar-refractivity contribution is 7.40. The Balaban J connectivity index is 1.56. The first-order chi connectivity index (χ1) is 19.6. The number of aliphatic imine (C=N–C) groups is 1. The molecule has 0 fully saturated rings. The van der Waals surface area contributed by atoms with Crippen LogP contribution in [0, 0.1) is 11.6 Å². The Morgan fingerprint density at radius 2 is 1.07 bits per heavy atom. The van der Waals surface area contributed by atoms with Crippen molar-refractivity contribution in [1.29, 1.82) is 0 Å². The van der Waals surface area contributed by atoms with E-state index < -0.39 is 8.16 Å². The molecule has 0 radical (unpaired) electrons. The van der Waals surface area contributed by atoms with E-state index in [1.165, 1.54) is 24.3 Å². The van der Waals surface area contributed by atoms with E-state index in [0.29, 0.717) is 22.5 Å². The van der Waals surface area contributed by atoms with E-state index in [4.69, 9.17) is 8.39 Å². The Bertz CT molecular complexity index is 1990. The minimum atomic E-state index is -1.85. The normalized spacial score (nSPS) is 11.7. The molecular formula is C33H21F2N2O2P. The molecule has 1 aromatic heterocycles. The summed E-state index contributed by atoms with van der Waals surface area (Å²) in [6.07, 6.45) is 1.58. The fourth-order valence-corrected chi connectivity index (χ4v) is 6.20. The Morgan fingerprint density at radius 1 is 0.575 bits per heavy atom. The molecule has 4 nitrogen and oxygen atoms in total. The molecule has 7 heteroatoms. The molecule has 0 amide bonds. The number of hydrogen-bond donors (Lipinski definition) is 0. The maximum Gasteiger partial charge on any atom is 0.347 e. The zero-order chi connectivity index (χ0) is 27.1. The van der Waals surface area contributed by atoms with Crippen LogP contribution in [0.4, 0.5) is 20.2 Å². The van der Waals surface area contributed by atoms with Crippen LogP contribution in [0.5, 0.6) is 0 Å². The van der Waals surface area contributed by atoms with Gasteiger partial charge in [0.25, 0.3) is 0 Å². The van der Waals surface area contributed by atoms with Crippen LogP contribution in [0.1, 0.15) is 0 Å². The molecule has 0 aliphatic heterocycles. The van der Waals surface area contributed by atoms with E-state index in [2.05, 4.69) is 29.3 Å². The van der Waals surface area contributed by atoms with Crippen molar-refractivity contribution in [3.05, 3.63) is 133 Å². The second kappa shape index (κ2) is 9.99. The summed E-state index contributed by atoms with van der Waals surface area (Å²) in [6, 6.07) is 36.3. The van der Waals surface area contributed by atoms with Gasteiger partial charge in [-0.1, -0.05) is 60.7 Å². The lowest BCUT2D eigenvalue weighted by Gasteiger charge is -2.15. The van der Waals surface area contributed by atoms with Gasteiger partial charge in [0.05, 0.1) is 11.4 Å². The van der Waals surface area contributed by atoms with Crippen molar-refractivity contribution in [2.24, 2.45) is 4.99 Å². The fourth-order valence-electron chi connectivity index (χ4n) is 4.89. The predicted molar refractivity (Wildman–Crippen MR) is 160 cm³/mol. The van der Waals surface area contributed by atoms with Gasteiger partial charge in [0, 0.05) is 10.8 Å². The molecule has 0 bridgehead atoms. The zero-order valence-corrected chi connectivity index (χ0v) is 21.9. The highest BCUT2D eigenvalue weighted by Gasteiger charge is 2.17. The molecule has 0 unspecified atom stereocenters. The first-order valence-electron chi connectivity index (χ1n) is 12.7. The van der Waals surface area contributed by atoms with Gasteiger partial charge in [-0.25, -0.2) is 18.4 Å². The first kappa shape index (κ1) is 24.1. The molecule has 0 aliphatic rings. The van der Waals surface area contributed by atoms with Gasteiger partial charge in [-0.05, 0) is 82.2 Å². The molecular weight excluding hydrogens is 525 g/mol. The summed E-state index contributed by atoms with van der Waals surface area (Å²) in [6.45, 7) is 0. The summed E-state index contributed by atoms with van der Waals surface area (Å²) >= 11 is 0. The molecule has 6 aromatic carbocycles. The van der Waals surface area contributed by atoms with Crippen LogP contribution in [0.15, 0.2) is 135 Å². The number of benzene rings is 6. The molecule has 0 aliphatic carbocycles. The number of anilines is 1. The second-order valence-corrected chi connectivity index (χ2v) is 10.6. The van der Waals surface area contributed by atoms with Crippen molar-refractivity contribution < 1.29 is 17.2 Å². The van der Waals surface area contributed by atoms with E-state index in [1.807, 2.05) is 48.5 Å². The minimum Gasteiger partial charge on any atom is -0.403 e. The highest BCUT2D eigenvalue weighted by atomic mass is 31.1. The van der Waals surface area contributed by atoms with Crippen LogP contribution in [0.3, 0.4) is 0 Å². The molecule has 0 N–H and O–H groups in total. The minimum absolute atomic E-state index is 0.346. The summed E-state index contributed by atoms with van der Waals surface area (Å²) in [5.41, 5.74) is 2.52. The Hall–Kier alpha value is -4.93. The number of nitrogens with zero attached hydrogens (tertiary/aromatic N) is 2. The van der Waals surface area contributed by atoms with E-state index in [0.717, 1.165) is 32.3 Å². The number of halogens is 2. The molecule has 0 saturated heterocycles. The standard InChI is InChI=1S/C33H21F2N2O2P/c34-24-11-15-26(16-12-24)36-21-37(27-17-13-25(35)14-18-27)40-38-30-19-9-22-5-1-3-7-28(22)32(30)33-29-8-4-2-6-23(29)10-20-31(33)39-40/h1-21H. The van der Waals surface area contributed by atoms with Crippen LogP contribution in [-0.4, -0.2) is 6.34 Å². The van der Waals surface area contributed by atoms with Gasteiger partial charge < -0.3 is 8.39 Å². The molecule has 0 atom stereocenters. The quantitative estimate of drug-likeness (QED) is 0.163. The van der Waals surface area contributed by atoms with Crippen LogP contribution >= 0.6 is 8.16 Å².